The molecule has 28 heavy (non-hydrogen) atoms. The van der Waals surface area contributed by atoms with Crippen LogP contribution in [0.3, 0.4) is 0 Å². The van der Waals surface area contributed by atoms with E-state index in [0.717, 1.165) is 0 Å². The summed E-state index contributed by atoms with van der Waals surface area (Å²) in [5.41, 5.74) is 7.76. The third-order valence-electron chi connectivity index (χ3n) is 4.11. The largest absolute Gasteiger partial charge is 0.504 e. The number of rotatable bonds is 7. The SMILES string of the molecule is CC(C)(C)c1ccc(OCCOC(=O)[C@@H](N)Cc2ccc(O)c(O)c2)cc1.Cl. The Morgan fingerprint density at radius 2 is 1.68 bits per heavy atom. The van der Waals surface area contributed by atoms with Gasteiger partial charge in [-0.2, -0.15) is 0 Å². The van der Waals surface area contributed by atoms with Gasteiger partial charge in [-0.05, 0) is 47.2 Å². The minimum absolute atomic E-state index is 0. The molecule has 0 aliphatic rings. The maximum Gasteiger partial charge on any atom is 0.323 e. The lowest BCUT2D eigenvalue weighted by atomic mass is 9.87. The van der Waals surface area contributed by atoms with Gasteiger partial charge in [-0.1, -0.05) is 39.0 Å². The Balaban J connectivity index is 0.00000392. The monoisotopic (exact) mass is 409 g/mol. The van der Waals surface area contributed by atoms with Crippen molar-refractivity contribution in [1.29, 1.82) is 0 Å². The molecule has 0 bridgehead atoms. The summed E-state index contributed by atoms with van der Waals surface area (Å²) >= 11 is 0. The van der Waals surface area contributed by atoms with Crippen LogP contribution in [-0.4, -0.2) is 35.4 Å². The summed E-state index contributed by atoms with van der Waals surface area (Å²) in [4.78, 5) is 12.0. The van der Waals surface area contributed by atoms with Crippen LogP contribution in [0.25, 0.3) is 0 Å². The van der Waals surface area contributed by atoms with E-state index in [1.165, 1.54) is 17.7 Å². The minimum Gasteiger partial charge on any atom is -0.504 e. The fraction of sp³-hybridized carbons (Fsp3) is 0.381. The second-order valence-corrected chi connectivity index (χ2v) is 7.42. The molecule has 154 valence electrons. The van der Waals surface area contributed by atoms with Crippen molar-refractivity contribution >= 4 is 18.4 Å². The van der Waals surface area contributed by atoms with Crippen molar-refractivity contribution in [3.05, 3.63) is 53.6 Å². The molecule has 2 aromatic rings. The smallest absolute Gasteiger partial charge is 0.323 e. The van der Waals surface area contributed by atoms with Gasteiger partial charge in [-0.15, -0.1) is 12.4 Å². The minimum atomic E-state index is -0.861. The van der Waals surface area contributed by atoms with Gasteiger partial charge in [-0.25, -0.2) is 0 Å². The van der Waals surface area contributed by atoms with Crippen molar-refractivity contribution in [2.45, 2.75) is 38.6 Å². The molecule has 1 atom stereocenters. The van der Waals surface area contributed by atoms with Gasteiger partial charge in [0.2, 0.25) is 0 Å². The Hall–Kier alpha value is -2.44. The maximum absolute atomic E-state index is 12.0. The van der Waals surface area contributed by atoms with Gasteiger partial charge in [0.1, 0.15) is 25.0 Å². The van der Waals surface area contributed by atoms with Crippen LogP contribution in [0.4, 0.5) is 0 Å². The van der Waals surface area contributed by atoms with Crippen LogP contribution >= 0.6 is 12.4 Å². The molecule has 0 radical (unpaired) electrons. The molecule has 7 heteroatoms. The first-order valence-electron chi connectivity index (χ1n) is 8.83. The summed E-state index contributed by atoms with van der Waals surface area (Å²) in [6, 6.07) is 11.3. The van der Waals surface area contributed by atoms with E-state index in [0.29, 0.717) is 11.3 Å². The fourth-order valence-corrected chi connectivity index (χ4v) is 2.49. The molecule has 0 spiro atoms. The molecule has 0 unspecified atom stereocenters. The summed E-state index contributed by atoms with van der Waals surface area (Å²) in [6.45, 7) is 6.75. The summed E-state index contributed by atoms with van der Waals surface area (Å²) < 4.78 is 10.7. The van der Waals surface area contributed by atoms with Gasteiger partial charge < -0.3 is 25.4 Å². The van der Waals surface area contributed by atoms with Crippen molar-refractivity contribution in [1.82, 2.24) is 0 Å². The van der Waals surface area contributed by atoms with Crippen molar-refractivity contribution < 1.29 is 24.5 Å². The highest BCUT2D eigenvalue weighted by Crippen LogP contribution is 2.25. The van der Waals surface area contributed by atoms with E-state index in [4.69, 9.17) is 15.2 Å². The van der Waals surface area contributed by atoms with Gasteiger partial charge in [0.25, 0.3) is 0 Å². The number of esters is 1. The zero-order valence-corrected chi connectivity index (χ0v) is 17.2. The summed E-state index contributed by atoms with van der Waals surface area (Å²) in [7, 11) is 0. The standard InChI is InChI=1S/C21H27NO5.ClH/c1-21(2,3)15-5-7-16(8-6-15)26-10-11-27-20(25)17(22)12-14-4-9-18(23)19(24)13-14;/h4-9,13,17,23-24H,10-12,22H2,1-3H3;1H/t17-;/m0./s1. The lowest BCUT2D eigenvalue weighted by Gasteiger charge is -2.19. The number of carbonyl (C=O) groups is 1. The third kappa shape index (κ3) is 6.94. The summed E-state index contributed by atoms with van der Waals surface area (Å²) in [5, 5.41) is 18.8. The third-order valence-corrected chi connectivity index (χ3v) is 4.11. The quantitative estimate of drug-likeness (QED) is 0.368. The Morgan fingerprint density at radius 1 is 1.04 bits per heavy atom. The fourth-order valence-electron chi connectivity index (χ4n) is 2.49. The first-order valence-corrected chi connectivity index (χ1v) is 8.83. The molecular weight excluding hydrogens is 382 g/mol. The van der Waals surface area contributed by atoms with Crippen LogP contribution in [0.2, 0.25) is 0 Å². The first kappa shape index (κ1) is 23.6. The molecule has 0 aromatic heterocycles. The van der Waals surface area contributed by atoms with Crippen LogP contribution in [-0.2, 0) is 21.4 Å². The number of aromatic hydroxyl groups is 2. The summed E-state index contributed by atoms with van der Waals surface area (Å²) in [6.07, 6.45) is 0.196. The number of benzene rings is 2. The maximum atomic E-state index is 12.0. The molecule has 0 aliphatic heterocycles. The predicted molar refractivity (Wildman–Crippen MR) is 110 cm³/mol. The van der Waals surface area contributed by atoms with Gasteiger partial charge >= 0.3 is 5.97 Å². The number of halogens is 1. The molecule has 4 N–H and O–H groups in total. The number of phenols is 2. The number of nitrogens with two attached hydrogens (primary N) is 1. The lowest BCUT2D eigenvalue weighted by Crippen LogP contribution is -2.35. The normalized spacial score (nSPS) is 12.0. The van der Waals surface area contributed by atoms with E-state index in [1.54, 1.807) is 6.07 Å². The molecule has 2 rings (SSSR count). The summed E-state index contributed by atoms with van der Waals surface area (Å²) in [5.74, 6) is -0.307. The highest BCUT2D eigenvalue weighted by atomic mass is 35.5. The van der Waals surface area contributed by atoms with Crippen molar-refractivity contribution in [3.8, 4) is 17.2 Å². The van der Waals surface area contributed by atoms with Crippen LogP contribution < -0.4 is 10.5 Å². The first-order chi connectivity index (χ1) is 12.7. The predicted octanol–water partition coefficient (Wildman–Crippen LogP) is 3.31. The van der Waals surface area contributed by atoms with E-state index >= 15 is 0 Å². The van der Waals surface area contributed by atoms with Gasteiger partial charge in [0.15, 0.2) is 11.5 Å². The lowest BCUT2D eigenvalue weighted by molar-refractivity contribution is -0.145. The molecule has 6 nitrogen and oxygen atoms in total. The highest BCUT2D eigenvalue weighted by Gasteiger charge is 2.17. The Morgan fingerprint density at radius 3 is 2.25 bits per heavy atom. The van der Waals surface area contributed by atoms with Crippen molar-refractivity contribution in [2.75, 3.05) is 13.2 Å². The number of hydrogen-bond donors (Lipinski definition) is 3. The van der Waals surface area contributed by atoms with Gasteiger partial charge in [0.05, 0.1) is 0 Å². The van der Waals surface area contributed by atoms with E-state index in [1.807, 2.05) is 24.3 Å². The molecule has 0 amide bonds. The van der Waals surface area contributed by atoms with E-state index in [2.05, 4.69) is 20.8 Å². The van der Waals surface area contributed by atoms with Crippen LogP contribution in [0, 0.1) is 0 Å². The van der Waals surface area contributed by atoms with E-state index < -0.39 is 12.0 Å². The van der Waals surface area contributed by atoms with Crippen LogP contribution in [0.5, 0.6) is 17.2 Å². The van der Waals surface area contributed by atoms with Crippen LogP contribution in [0.15, 0.2) is 42.5 Å². The average Bonchev–Trinajstić information content (AvgIpc) is 2.61. The van der Waals surface area contributed by atoms with Gasteiger partial charge in [0, 0.05) is 0 Å². The van der Waals surface area contributed by atoms with Crippen LogP contribution in [0.1, 0.15) is 31.9 Å². The van der Waals surface area contributed by atoms with E-state index in [9.17, 15) is 15.0 Å². The Kier molecular flexibility index (Phi) is 8.60. The molecule has 0 saturated heterocycles. The van der Waals surface area contributed by atoms with Crippen molar-refractivity contribution in [3.63, 3.8) is 0 Å². The molecular formula is C21H28ClNO5. The van der Waals surface area contributed by atoms with E-state index in [-0.39, 0.29) is 49.0 Å². The zero-order chi connectivity index (χ0) is 20.0. The topological polar surface area (TPSA) is 102 Å². The number of phenolic OH excluding ortho intramolecular Hbond substituents is 2. The number of ether oxygens (including phenoxy) is 2. The number of carbonyl (C=O) groups excluding carboxylic acids is 1. The molecule has 0 aliphatic carbocycles. The molecule has 0 saturated carbocycles. The van der Waals surface area contributed by atoms with Gasteiger partial charge in [-0.3, -0.25) is 4.79 Å². The number of hydrogen-bond acceptors (Lipinski definition) is 6. The average molecular weight is 410 g/mol. The molecule has 2 aromatic carbocycles. The zero-order valence-electron chi connectivity index (χ0n) is 16.3. The Labute approximate surface area is 171 Å². The second-order valence-electron chi connectivity index (χ2n) is 7.42. The molecule has 0 fully saturated rings. The Bertz CT molecular complexity index is 771. The van der Waals surface area contributed by atoms with Crippen molar-refractivity contribution in [2.24, 2.45) is 5.73 Å². The highest BCUT2D eigenvalue weighted by molar-refractivity contribution is 5.85. The second kappa shape index (κ2) is 10.2. The molecule has 0 heterocycles.